The van der Waals surface area contributed by atoms with Crippen molar-refractivity contribution in [1.29, 1.82) is 0 Å². The Hall–Kier alpha value is -2.17. The van der Waals surface area contributed by atoms with Crippen LogP contribution in [0.2, 0.25) is 0 Å². The molecular weight excluding hydrogens is 208 g/mol. The van der Waals surface area contributed by atoms with Gasteiger partial charge >= 0.3 is 5.97 Å². The molecular formula is C11H10N2O3. The molecule has 5 heteroatoms. The molecule has 0 radical (unpaired) electrons. The van der Waals surface area contributed by atoms with Gasteiger partial charge in [0.1, 0.15) is 0 Å². The molecule has 2 aromatic rings. The van der Waals surface area contributed by atoms with E-state index in [-0.39, 0.29) is 6.61 Å². The fourth-order valence-electron chi connectivity index (χ4n) is 1.39. The van der Waals surface area contributed by atoms with Crippen LogP contribution in [0, 0.1) is 0 Å². The molecule has 1 aromatic heterocycles. The lowest BCUT2D eigenvalue weighted by atomic mass is 10.1. The molecule has 0 saturated heterocycles. The van der Waals surface area contributed by atoms with E-state index in [0.717, 1.165) is 11.0 Å². The lowest BCUT2D eigenvalue weighted by Gasteiger charge is -2.00. The number of carbonyl (C=O) groups is 2. The van der Waals surface area contributed by atoms with E-state index in [4.69, 9.17) is 0 Å². The third-order valence-electron chi connectivity index (χ3n) is 2.14. The van der Waals surface area contributed by atoms with Crippen LogP contribution in [0.1, 0.15) is 17.3 Å². The summed E-state index contributed by atoms with van der Waals surface area (Å²) in [5.41, 5.74) is 1.77. The van der Waals surface area contributed by atoms with Crippen LogP contribution in [0.15, 0.2) is 24.5 Å². The first-order chi connectivity index (χ1) is 7.72. The number of ketones is 1. The second-order valence-electron chi connectivity index (χ2n) is 3.18. The molecule has 0 spiro atoms. The first kappa shape index (κ1) is 10.4. The van der Waals surface area contributed by atoms with Gasteiger partial charge in [-0.05, 0) is 25.1 Å². The Morgan fingerprint density at radius 3 is 3.00 bits per heavy atom. The van der Waals surface area contributed by atoms with Crippen LogP contribution in [0.3, 0.4) is 0 Å². The van der Waals surface area contributed by atoms with Crippen LogP contribution in [0.4, 0.5) is 0 Å². The normalized spacial score (nSPS) is 10.3. The number of nitrogens with one attached hydrogen (secondary N) is 1. The molecule has 0 aliphatic rings. The summed E-state index contributed by atoms with van der Waals surface area (Å²) in [6.07, 6.45) is 1.53. The van der Waals surface area contributed by atoms with Crippen LogP contribution in [0.25, 0.3) is 11.0 Å². The van der Waals surface area contributed by atoms with Crippen molar-refractivity contribution in [2.75, 3.05) is 6.61 Å². The maximum absolute atomic E-state index is 11.6. The van der Waals surface area contributed by atoms with Crippen molar-refractivity contribution in [3.05, 3.63) is 30.1 Å². The van der Waals surface area contributed by atoms with E-state index in [1.807, 2.05) is 0 Å². The van der Waals surface area contributed by atoms with E-state index in [0.29, 0.717) is 5.56 Å². The third kappa shape index (κ3) is 1.79. The minimum absolute atomic E-state index is 0.191. The van der Waals surface area contributed by atoms with E-state index in [9.17, 15) is 9.59 Å². The zero-order valence-corrected chi connectivity index (χ0v) is 8.69. The molecule has 1 N–H and O–H groups in total. The summed E-state index contributed by atoms with van der Waals surface area (Å²) in [5.74, 6) is -1.47. The third-order valence-corrected chi connectivity index (χ3v) is 2.14. The second-order valence-corrected chi connectivity index (χ2v) is 3.18. The van der Waals surface area contributed by atoms with E-state index >= 15 is 0 Å². The standard InChI is InChI=1S/C11H10N2O3/c1-2-16-11(15)10(14)7-3-4-8-9(5-7)13-6-12-8/h3-6H,2H2,1H3,(H,12,13). The summed E-state index contributed by atoms with van der Waals surface area (Å²) < 4.78 is 4.64. The smallest absolute Gasteiger partial charge is 0.379 e. The summed E-state index contributed by atoms with van der Waals surface area (Å²) >= 11 is 0. The van der Waals surface area contributed by atoms with Crippen LogP contribution >= 0.6 is 0 Å². The maximum atomic E-state index is 11.6. The average molecular weight is 218 g/mol. The average Bonchev–Trinajstić information content (AvgIpc) is 2.75. The molecule has 2 rings (SSSR count). The highest BCUT2D eigenvalue weighted by molar-refractivity contribution is 6.40. The van der Waals surface area contributed by atoms with Gasteiger partial charge in [0.05, 0.1) is 24.0 Å². The van der Waals surface area contributed by atoms with E-state index < -0.39 is 11.8 Å². The number of ether oxygens (including phenoxy) is 1. The Morgan fingerprint density at radius 1 is 1.44 bits per heavy atom. The topological polar surface area (TPSA) is 72.1 Å². The van der Waals surface area contributed by atoms with Gasteiger partial charge in [-0.1, -0.05) is 0 Å². The van der Waals surface area contributed by atoms with Crippen molar-refractivity contribution < 1.29 is 14.3 Å². The van der Waals surface area contributed by atoms with Gasteiger partial charge in [0.25, 0.3) is 5.78 Å². The first-order valence-electron chi connectivity index (χ1n) is 4.87. The highest BCUT2D eigenvalue weighted by Crippen LogP contribution is 2.12. The number of imidazole rings is 1. The predicted molar refractivity (Wildman–Crippen MR) is 57.1 cm³/mol. The molecule has 0 saturated carbocycles. The van der Waals surface area contributed by atoms with Crippen molar-refractivity contribution >= 4 is 22.8 Å². The summed E-state index contributed by atoms with van der Waals surface area (Å²) in [7, 11) is 0. The molecule has 1 aromatic carbocycles. The van der Waals surface area contributed by atoms with Gasteiger partial charge in [-0.15, -0.1) is 0 Å². The van der Waals surface area contributed by atoms with Gasteiger partial charge < -0.3 is 9.72 Å². The van der Waals surface area contributed by atoms with E-state index in [1.54, 1.807) is 25.1 Å². The van der Waals surface area contributed by atoms with Gasteiger partial charge in [-0.25, -0.2) is 9.78 Å². The minimum atomic E-state index is -0.832. The Labute approximate surface area is 91.4 Å². The molecule has 82 valence electrons. The number of aromatic nitrogens is 2. The first-order valence-corrected chi connectivity index (χ1v) is 4.87. The fourth-order valence-corrected chi connectivity index (χ4v) is 1.39. The van der Waals surface area contributed by atoms with E-state index in [2.05, 4.69) is 14.7 Å². The lowest BCUT2D eigenvalue weighted by Crippen LogP contribution is -2.17. The van der Waals surface area contributed by atoms with Gasteiger partial charge in [0.2, 0.25) is 0 Å². The zero-order valence-electron chi connectivity index (χ0n) is 8.69. The van der Waals surface area contributed by atoms with Gasteiger partial charge in [0, 0.05) is 5.56 Å². The number of carbonyl (C=O) groups excluding carboxylic acids is 2. The molecule has 0 bridgehead atoms. The molecule has 0 fully saturated rings. The van der Waals surface area contributed by atoms with E-state index in [1.165, 1.54) is 6.33 Å². The molecule has 1 heterocycles. The summed E-state index contributed by atoms with van der Waals surface area (Å²) in [6, 6.07) is 4.82. The second kappa shape index (κ2) is 4.14. The van der Waals surface area contributed by atoms with Gasteiger partial charge in [-0.2, -0.15) is 0 Å². The zero-order chi connectivity index (χ0) is 11.5. The number of aromatic amines is 1. The number of hydrogen-bond donors (Lipinski definition) is 1. The SMILES string of the molecule is CCOC(=O)C(=O)c1ccc2nc[nH]c2c1. The Bertz CT molecular complexity index is 545. The Balaban J connectivity index is 2.32. The molecule has 0 amide bonds. The largest absolute Gasteiger partial charge is 0.460 e. The van der Waals surface area contributed by atoms with Crippen LogP contribution in [-0.4, -0.2) is 28.3 Å². The van der Waals surface area contributed by atoms with Crippen molar-refractivity contribution in [2.45, 2.75) is 6.92 Å². The maximum Gasteiger partial charge on any atom is 0.379 e. The van der Waals surface area contributed by atoms with Crippen LogP contribution in [0.5, 0.6) is 0 Å². The van der Waals surface area contributed by atoms with Crippen LogP contribution < -0.4 is 0 Å². The predicted octanol–water partition coefficient (Wildman–Crippen LogP) is 1.31. The Kier molecular flexibility index (Phi) is 2.68. The number of H-pyrrole nitrogens is 1. The van der Waals surface area contributed by atoms with Crippen molar-refractivity contribution in [2.24, 2.45) is 0 Å². The summed E-state index contributed by atoms with van der Waals surface area (Å²) in [6.45, 7) is 1.85. The summed E-state index contributed by atoms with van der Waals surface area (Å²) in [4.78, 5) is 29.7. The number of rotatable bonds is 3. The summed E-state index contributed by atoms with van der Waals surface area (Å²) in [5, 5.41) is 0. The van der Waals surface area contributed by atoms with Gasteiger partial charge in [-0.3, -0.25) is 4.79 Å². The fraction of sp³-hybridized carbons (Fsp3) is 0.182. The highest BCUT2D eigenvalue weighted by Gasteiger charge is 2.17. The monoisotopic (exact) mass is 218 g/mol. The molecule has 0 atom stereocenters. The van der Waals surface area contributed by atoms with Gasteiger partial charge in [0.15, 0.2) is 0 Å². The molecule has 0 aliphatic carbocycles. The highest BCUT2D eigenvalue weighted by atomic mass is 16.5. The number of benzene rings is 1. The number of hydrogen-bond acceptors (Lipinski definition) is 4. The number of nitrogens with zero attached hydrogens (tertiary/aromatic N) is 1. The van der Waals surface area contributed by atoms with Crippen LogP contribution in [-0.2, 0) is 9.53 Å². The lowest BCUT2D eigenvalue weighted by molar-refractivity contribution is -0.137. The minimum Gasteiger partial charge on any atom is -0.460 e. The number of Topliss-reactive ketones (excluding diaryl/α,β-unsaturated/α-hetero) is 1. The number of fused-ring (bicyclic) bond motifs is 1. The molecule has 5 nitrogen and oxygen atoms in total. The van der Waals surface area contributed by atoms with Crippen molar-refractivity contribution in [3.63, 3.8) is 0 Å². The van der Waals surface area contributed by atoms with Crippen molar-refractivity contribution in [1.82, 2.24) is 9.97 Å². The molecule has 0 unspecified atom stereocenters. The number of esters is 1. The Morgan fingerprint density at radius 2 is 2.25 bits per heavy atom. The quantitative estimate of drug-likeness (QED) is 0.479. The van der Waals surface area contributed by atoms with Crippen molar-refractivity contribution in [3.8, 4) is 0 Å². The molecule has 16 heavy (non-hydrogen) atoms. The molecule has 0 aliphatic heterocycles.